The van der Waals surface area contributed by atoms with Crippen LogP contribution in [0.4, 0.5) is 4.39 Å². The van der Waals surface area contributed by atoms with Gasteiger partial charge in [-0.15, -0.1) is 0 Å². The van der Waals surface area contributed by atoms with Crippen molar-refractivity contribution in [1.29, 1.82) is 0 Å². The number of ether oxygens (including phenoxy) is 1. The molecular weight excluding hydrogens is 355 g/mol. The largest absolute Gasteiger partial charge is 0.490 e. The van der Waals surface area contributed by atoms with Gasteiger partial charge >= 0.3 is 0 Å². The lowest BCUT2D eigenvalue weighted by Crippen LogP contribution is -2.42. The second-order valence-electron chi connectivity index (χ2n) is 7.38. The molecule has 4 rings (SSSR count). The topological polar surface area (TPSA) is 42.4 Å². The molecule has 0 radical (unpaired) electrons. The third-order valence-electron chi connectivity index (χ3n) is 5.22. The summed E-state index contributed by atoms with van der Waals surface area (Å²) in [7, 11) is 0. The van der Waals surface area contributed by atoms with E-state index in [9.17, 15) is 9.18 Å². The first-order chi connectivity index (χ1) is 13.5. The van der Waals surface area contributed by atoms with Gasteiger partial charge in [0.25, 0.3) is 5.91 Å². The van der Waals surface area contributed by atoms with Crippen molar-refractivity contribution in [2.75, 3.05) is 13.1 Å². The molecule has 0 spiro atoms. The van der Waals surface area contributed by atoms with Gasteiger partial charge in [0.1, 0.15) is 17.7 Å². The number of rotatable bonds is 3. The van der Waals surface area contributed by atoms with Crippen LogP contribution in [0.5, 0.6) is 5.75 Å². The number of nitrogens with zero attached hydrogens (tertiary/aromatic N) is 2. The number of aryl methyl sites for hydroxylation is 2. The van der Waals surface area contributed by atoms with Gasteiger partial charge in [-0.2, -0.15) is 0 Å². The number of carbonyl (C=O) groups is 1. The highest BCUT2D eigenvalue weighted by Gasteiger charge is 2.26. The van der Waals surface area contributed by atoms with Gasteiger partial charge in [-0.3, -0.25) is 9.78 Å². The van der Waals surface area contributed by atoms with Crippen molar-refractivity contribution in [2.24, 2.45) is 0 Å². The zero-order valence-electron chi connectivity index (χ0n) is 16.1. The SMILES string of the molecule is Cc1cccc(OC2CCN(C(=O)c3cc4cc(F)ccc4nc3C)CC2)c1. The summed E-state index contributed by atoms with van der Waals surface area (Å²) < 4.78 is 19.6. The fourth-order valence-corrected chi connectivity index (χ4v) is 3.69. The van der Waals surface area contributed by atoms with E-state index in [4.69, 9.17) is 4.74 Å². The first kappa shape index (κ1) is 18.4. The molecule has 5 heteroatoms. The van der Waals surface area contributed by atoms with Gasteiger partial charge < -0.3 is 9.64 Å². The van der Waals surface area contributed by atoms with Gasteiger partial charge in [0.2, 0.25) is 0 Å². The van der Waals surface area contributed by atoms with Gasteiger partial charge in [-0.05, 0) is 55.8 Å². The second-order valence-corrected chi connectivity index (χ2v) is 7.38. The van der Waals surface area contributed by atoms with E-state index < -0.39 is 0 Å². The number of hydrogen-bond donors (Lipinski definition) is 0. The average Bonchev–Trinajstić information content (AvgIpc) is 2.68. The predicted octanol–water partition coefficient (Wildman–Crippen LogP) is 4.67. The van der Waals surface area contributed by atoms with Crippen molar-refractivity contribution in [3.8, 4) is 5.75 Å². The molecule has 28 heavy (non-hydrogen) atoms. The molecule has 0 aliphatic carbocycles. The van der Waals surface area contributed by atoms with Crippen molar-refractivity contribution >= 4 is 16.8 Å². The lowest BCUT2D eigenvalue weighted by Gasteiger charge is -2.32. The van der Waals surface area contributed by atoms with Crippen LogP contribution in [0.15, 0.2) is 48.5 Å². The van der Waals surface area contributed by atoms with E-state index in [1.54, 1.807) is 12.1 Å². The fourth-order valence-electron chi connectivity index (χ4n) is 3.69. The van der Waals surface area contributed by atoms with Crippen LogP contribution in [0.1, 0.15) is 34.5 Å². The molecule has 0 atom stereocenters. The smallest absolute Gasteiger partial charge is 0.255 e. The number of benzene rings is 2. The Balaban J connectivity index is 1.45. The molecule has 0 unspecified atom stereocenters. The van der Waals surface area contributed by atoms with Crippen molar-refractivity contribution < 1.29 is 13.9 Å². The summed E-state index contributed by atoms with van der Waals surface area (Å²) in [6, 6.07) is 14.2. The summed E-state index contributed by atoms with van der Waals surface area (Å²) in [4.78, 5) is 19.3. The maximum Gasteiger partial charge on any atom is 0.255 e. The summed E-state index contributed by atoms with van der Waals surface area (Å²) in [6.45, 7) is 5.13. The van der Waals surface area contributed by atoms with Crippen LogP contribution >= 0.6 is 0 Å². The molecule has 4 nitrogen and oxygen atoms in total. The molecule has 2 aromatic carbocycles. The Morgan fingerprint density at radius 3 is 2.64 bits per heavy atom. The number of piperidine rings is 1. The highest BCUT2D eigenvalue weighted by atomic mass is 19.1. The minimum Gasteiger partial charge on any atom is -0.490 e. The van der Waals surface area contributed by atoms with E-state index in [1.807, 2.05) is 43.0 Å². The molecule has 2 heterocycles. The van der Waals surface area contributed by atoms with Crippen LogP contribution in [-0.4, -0.2) is 35.0 Å². The van der Waals surface area contributed by atoms with Crippen LogP contribution in [0.2, 0.25) is 0 Å². The maximum absolute atomic E-state index is 13.5. The van der Waals surface area contributed by atoms with Crippen LogP contribution in [0, 0.1) is 19.7 Å². The van der Waals surface area contributed by atoms with E-state index in [-0.39, 0.29) is 17.8 Å². The Kier molecular flexibility index (Phi) is 4.99. The summed E-state index contributed by atoms with van der Waals surface area (Å²) in [5, 5.41) is 0.645. The zero-order valence-corrected chi connectivity index (χ0v) is 16.1. The molecule has 0 bridgehead atoms. The summed E-state index contributed by atoms with van der Waals surface area (Å²) in [5.41, 5.74) is 3.07. The lowest BCUT2D eigenvalue weighted by molar-refractivity contribution is 0.0594. The van der Waals surface area contributed by atoms with E-state index >= 15 is 0 Å². The number of pyridine rings is 1. The molecule has 1 amide bonds. The Morgan fingerprint density at radius 1 is 1.11 bits per heavy atom. The Labute approximate surface area is 164 Å². The summed E-state index contributed by atoms with van der Waals surface area (Å²) in [6.07, 6.45) is 1.68. The monoisotopic (exact) mass is 378 g/mol. The number of carbonyl (C=O) groups excluding carboxylic acids is 1. The number of halogens is 1. The summed E-state index contributed by atoms with van der Waals surface area (Å²) in [5.74, 6) is 0.497. The molecule has 1 fully saturated rings. The van der Waals surface area contributed by atoms with Crippen molar-refractivity contribution in [3.05, 3.63) is 71.2 Å². The quantitative estimate of drug-likeness (QED) is 0.665. The predicted molar refractivity (Wildman–Crippen MR) is 107 cm³/mol. The number of hydrogen-bond acceptors (Lipinski definition) is 3. The third kappa shape index (κ3) is 3.84. The molecule has 1 aromatic heterocycles. The Hall–Kier alpha value is -2.95. The highest BCUT2D eigenvalue weighted by molar-refractivity contribution is 5.98. The number of aromatic nitrogens is 1. The van der Waals surface area contributed by atoms with Crippen LogP contribution in [0.3, 0.4) is 0 Å². The van der Waals surface area contributed by atoms with Crippen LogP contribution in [-0.2, 0) is 0 Å². The molecule has 1 saturated heterocycles. The molecule has 0 saturated carbocycles. The fraction of sp³-hybridized carbons (Fsp3) is 0.304. The molecule has 1 aliphatic rings. The van der Waals surface area contributed by atoms with E-state index in [0.717, 1.165) is 18.6 Å². The highest BCUT2D eigenvalue weighted by Crippen LogP contribution is 2.23. The van der Waals surface area contributed by atoms with Gasteiger partial charge in [-0.25, -0.2) is 4.39 Å². The molecule has 0 N–H and O–H groups in total. The summed E-state index contributed by atoms with van der Waals surface area (Å²) >= 11 is 0. The third-order valence-corrected chi connectivity index (χ3v) is 5.22. The van der Waals surface area contributed by atoms with Gasteiger partial charge in [-0.1, -0.05) is 12.1 Å². The number of fused-ring (bicyclic) bond motifs is 1. The Morgan fingerprint density at radius 2 is 1.89 bits per heavy atom. The second kappa shape index (κ2) is 7.58. The average molecular weight is 378 g/mol. The number of likely N-dealkylation sites (tertiary alicyclic amines) is 1. The van der Waals surface area contributed by atoms with Gasteiger partial charge in [0, 0.05) is 31.3 Å². The lowest BCUT2D eigenvalue weighted by atomic mass is 10.0. The van der Waals surface area contributed by atoms with Crippen molar-refractivity contribution in [3.63, 3.8) is 0 Å². The number of amides is 1. The standard InChI is InChI=1S/C23H23FN2O2/c1-15-4-3-5-20(12-15)28-19-8-10-26(11-9-19)23(27)21-14-17-13-18(24)6-7-22(17)25-16(21)2/h3-7,12-14,19H,8-11H2,1-2H3. The van der Waals surface area contributed by atoms with Crippen LogP contribution < -0.4 is 4.74 Å². The van der Waals surface area contributed by atoms with E-state index in [1.165, 1.54) is 17.7 Å². The van der Waals surface area contributed by atoms with E-state index in [0.29, 0.717) is 35.2 Å². The first-order valence-electron chi connectivity index (χ1n) is 9.59. The zero-order chi connectivity index (χ0) is 19.7. The minimum atomic E-state index is -0.328. The normalized spacial score (nSPS) is 15.0. The Bertz CT molecular complexity index is 1030. The molecule has 1 aliphatic heterocycles. The van der Waals surface area contributed by atoms with Crippen molar-refractivity contribution in [1.82, 2.24) is 9.88 Å². The van der Waals surface area contributed by atoms with Crippen molar-refractivity contribution in [2.45, 2.75) is 32.8 Å². The molecule has 3 aromatic rings. The first-order valence-corrected chi connectivity index (χ1v) is 9.59. The molecule has 144 valence electrons. The van der Waals surface area contributed by atoms with E-state index in [2.05, 4.69) is 4.98 Å². The van der Waals surface area contributed by atoms with Gasteiger partial charge in [0.05, 0.1) is 16.8 Å². The minimum absolute atomic E-state index is 0.0508. The molecular formula is C23H23FN2O2. The van der Waals surface area contributed by atoms with Gasteiger partial charge in [0.15, 0.2) is 0 Å². The van der Waals surface area contributed by atoms with Crippen LogP contribution in [0.25, 0.3) is 10.9 Å². The maximum atomic E-state index is 13.5.